The zero-order valence-electron chi connectivity index (χ0n) is 10.7. The molecule has 0 aromatic rings. The van der Waals surface area contributed by atoms with Gasteiger partial charge in [-0.1, -0.05) is 0 Å². The van der Waals surface area contributed by atoms with E-state index in [-0.39, 0.29) is 11.9 Å². The highest BCUT2D eigenvalue weighted by Crippen LogP contribution is 2.24. The Morgan fingerprint density at radius 1 is 1.41 bits per heavy atom. The average Bonchev–Trinajstić information content (AvgIpc) is 2.79. The fourth-order valence-corrected chi connectivity index (χ4v) is 3.05. The SMILES string of the molecule is CC(O)C1CCCN1C(=O)CC1CCNCC1. The highest BCUT2D eigenvalue weighted by Gasteiger charge is 2.32. The smallest absolute Gasteiger partial charge is 0.223 e. The van der Waals surface area contributed by atoms with E-state index < -0.39 is 6.10 Å². The number of aliphatic hydroxyl groups excluding tert-OH is 1. The maximum Gasteiger partial charge on any atom is 0.223 e. The molecule has 2 N–H and O–H groups in total. The quantitative estimate of drug-likeness (QED) is 0.765. The fourth-order valence-electron chi connectivity index (χ4n) is 3.05. The molecule has 2 rings (SSSR count). The van der Waals surface area contributed by atoms with Crippen molar-refractivity contribution in [1.29, 1.82) is 0 Å². The Kier molecular flexibility index (Phi) is 4.40. The minimum absolute atomic E-state index is 0.0595. The standard InChI is InChI=1S/C13H24N2O2/c1-10(16)12-3-2-8-15(12)13(17)9-11-4-6-14-7-5-11/h10-12,14,16H,2-9H2,1H3. The Hall–Kier alpha value is -0.610. The van der Waals surface area contributed by atoms with Crippen molar-refractivity contribution in [2.24, 2.45) is 5.92 Å². The summed E-state index contributed by atoms with van der Waals surface area (Å²) < 4.78 is 0. The van der Waals surface area contributed by atoms with Gasteiger partial charge in [-0.15, -0.1) is 0 Å². The van der Waals surface area contributed by atoms with Crippen LogP contribution >= 0.6 is 0 Å². The van der Waals surface area contributed by atoms with Crippen LogP contribution in [0.5, 0.6) is 0 Å². The summed E-state index contributed by atoms with van der Waals surface area (Å²) in [5, 5.41) is 13.0. The zero-order chi connectivity index (χ0) is 12.3. The van der Waals surface area contributed by atoms with Crippen LogP contribution in [0.2, 0.25) is 0 Å². The van der Waals surface area contributed by atoms with Gasteiger partial charge in [0.05, 0.1) is 12.1 Å². The molecule has 2 atom stereocenters. The molecule has 0 aliphatic carbocycles. The molecule has 1 amide bonds. The van der Waals surface area contributed by atoms with Crippen molar-refractivity contribution in [1.82, 2.24) is 10.2 Å². The lowest BCUT2D eigenvalue weighted by atomic mass is 9.94. The molecule has 2 fully saturated rings. The first-order chi connectivity index (χ1) is 8.18. The minimum atomic E-state index is -0.394. The second-order valence-electron chi connectivity index (χ2n) is 5.43. The predicted octanol–water partition coefficient (Wildman–Crippen LogP) is 0.748. The third-order valence-corrected chi connectivity index (χ3v) is 4.10. The summed E-state index contributed by atoms with van der Waals surface area (Å²) in [6, 6.07) is 0.0595. The van der Waals surface area contributed by atoms with Crippen LogP contribution in [0, 0.1) is 5.92 Å². The number of nitrogens with one attached hydrogen (secondary N) is 1. The van der Waals surface area contributed by atoms with E-state index >= 15 is 0 Å². The Morgan fingerprint density at radius 2 is 2.12 bits per heavy atom. The molecule has 4 heteroatoms. The zero-order valence-corrected chi connectivity index (χ0v) is 10.7. The van der Waals surface area contributed by atoms with Crippen LogP contribution in [0.15, 0.2) is 0 Å². The van der Waals surface area contributed by atoms with E-state index in [2.05, 4.69) is 5.32 Å². The Labute approximate surface area is 103 Å². The summed E-state index contributed by atoms with van der Waals surface area (Å²) >= 11 is 0. The Balaban J connectivity index is 1.86. The molecule has 0 spiro atoms. The van der Waals surface area contributed by atoms with Crippen molar-refractivity contribution < 1.29 is 9.90 Å². The van der Waals surface area contributed by atoms with Crippen molar-refractivity contribution in [2.45, 2.75) is 51.2 Å². The molecule has 0 saturated carbocycles. The fraction of sp³-hybridized carbons (Fsp3) is 0.923. The summed E-state index contributed by atoms with van der Waals surface area (Å²) in [6.07, 6.45) is 4.49. The number of hydrogen-bond acceptors (Lipinski definition) is 3. The lowest BCUT2D eigenvalue weighted by Crippen LogP contribution is -2.42. The summed E-state index contributed by atoms with van der Waals surface area (Å²) in [6.45, 7) is 4.70. The molecule has 2 aliphatic rings. The van der Waals surface area contributed by atoms with Crippen LogP contribution < -0.4 is 5.32 Å². The third kappa shape index (κ3) is 3.19. The number of nitrogens with zero attached hydrogens (tertiary/aromatic N) is 1. The van der Waals surface area contributed by atoms with E-state index in [4.69, 9.17) is 0 Å². The van der Waals surface area contributed by atoms with Crippen molar-refractivity contribution >= 4 is 5.91 Å². The molecule has 2 unspecified atom stereocenters. The van der Waals surface area contributed by atoms with Crippen molar-refractivity contribution in [3.8, 4) is 0 Å². The van der Waals surface area contributed by atoms with Crippen molar-refractivity contribution in [3.05, 3.63) is 0 Å². The first-order valence-electron chi connectivity index (χ1n) is 6.86. The van der Waals surface area contributed by atoms with Gasteiger partial charge in [0.15, 0.2) is 0 Å². The number of piperidine rings is 1. The normalized spacial score (nSPS) is 28.4. The lowest BCUT2D eigenvalue weighted by Gasteiger charge is -2.29. The number of amides is 1. The number of carbonyl (C=O) groups is 1. The highest BCUT2D eigenvalue weighted by molar-refractivity contribution is 5.77. The molecule has 0 bridgehead atoms. The maximum absolute atomic E-state index is 12.2. The first-order valence-corrected chi connectivity index (χ1v) is 6.86. The van der Waals surface area contributed by atoms with Gasteiger partial charge in [0.25, 0.3) is 0 Å². The van der Waals surface area contributed by atoms with Gasteiger partial charge < -0.3 is 15.3 Å². The number of likely N-dealkylation sites (tertiary alicyclic amines) is 1. The largest absolute Gasteiger partial charge is 0.391 e. The molecule has 0 aromatic heterocycles. The van der Waals surface area contributed by atoms with Crippen molar-refractivity contribution in [2.75, 3.05) is 19.6 Å². The molecule has 0 aromatic carbocycles. The van der Waals surface area contributed by atoms with Crippen LogP contribution in [0.3, 0.4) is 0 Å². The second kappa shape index (κ2) is 5.83. The molecule has 17 heavy (non-hydrogen) atoms. The molecule has 2 saturated heterocycles. The molecule has 2 heterocycles. The van der Waals surface area contributed by atoms with Crippen LogP contribution in [0.4, 0.5) is 0 Å². The van der Waals surface area contributed by atoms with Crippen LogP contribution in [0.25, 0.3) is 0 Å². The Morgan fingerprint density at radius 3 is 2.76 bits per heavy atom. The molecule has 98 valence electrons. The number of rotatable bonds is 3. The topological polar surface area (TPSA) is 52.6 Å². The predicted molar refractivity (Wildman–Crippen MR) is 66.6 cm³/mol. The first kappa shape index (κ1) is 12.8. The van der Waals surface area contributed by atoms with E-state index in [1.165, 1.54) is 0 Å². The summed E-state index contributed by atoms with van der Waals surface area (Å²) in [4.78, 5) is 14.1. The van der Waals surface area contributed by atoms with E-state index in [1.54, 1.807) is 6.92 Å². The third-order valence-electron chi connectivity index (χ3n) is 4.10. The van der Waals surface area contributed by atoms with Gasteiger partial charge >= 0.3 is 0 Å². The molecule has 0 radical (unpaired) electrons. The molecular formula is C13H24N2O2. The minimum Gasteiger partial charge on any atom is -0.391 e. The average molecular weight is 240 g/mol. The van der Waals surface area contributed by atoms with Gasteiger partial charge in [-0.3, -0.25) is 4.79 Å². The summed E-state index contributed by atoms with van der Waals surface area (Å²) in [5.74, 6) is 0.791. The van der Waals surface area contributed by atoms with Gasteiger partial charge in [-0.2, -0.15) is 0 Å². The van der Waals surface area contributed by atoms with Crippen LogP contribution in [-0.2, 0) is 4.79 Å². The molecule has 4 nitrogen and oxygen atoms in total. The highest BCUT2D eigenvalue weighted by atomic mass is 16.3. The van der Waals surface area contributed by atoms with Gasteiger partial charge in [-0.25, -0.2) is 0 Å². The van der Waals surface area contributed by atoms with E-state index in [9.17, 15) is 9.90 Å². The van der Waals surface area contributed by atoms with Crippen LogP contribution in [-0.4, -0.2) is 47.7 Å². The summed E-state index contributed by atoms with van der Waals surface area (Å²) in [5.41, 5.74) is 0. The summed E-state index contributed by atoms with van der Waals surface area (Å²) in [7, 11) is 0. The van der Waals surface area contributed by atoms with Gasteiger partial charge in [0.2, 0.25) is 5.91 Å². The maximum atomic E-state index is 12.2. The van der Waals surface area contributed by atoms with E-state index in [1.807, 2.05) is 4.90 Å². The number of hydrogen-bond donors (Lipinski definition) is 2. The van der Waals surface area contributed by atoms with Crippen molar-refractivity contribution in [3.63, 3.8) is 0 Å². The lowest BCUT2D eigenvalue weighted by molar-refractivity contribution is -0.135. The van der Waals surface area contributed by atoms with Crippen LogP contribution in [0.1, 0.15) is 39.0 Å². The van der Waals surface area contributed by atoms with E-state index in [0.717, 1.165) is 45.3 Å². The van der Waals surface area contributed by atoms with Gasteiger partial charge in [-0.05, 0) is 51.6 Å². The second-order valence-corrected chi connectivity index (χ2v) is 5.43. The number of aliphatic hydroxyl groups is 1. The molecule has 2 aliphatic heterocycles. The Bertz CT molecular complexity index is 262. The molecular weight excluding hydrogens is 216 g/mol. The number of carbonyl (C=O) groups excluding carboxylic acids is 1. The van der Waals surface area contributed by atoms with E-state index in [0.29, 0.717) is 12.3 Å². The van der Waals surface area contributed by atoms with Gasteiger partial charge in [0.1, 0.15) is 0 Å². The monoisotopic (exact) mass is 240 g/mol. The van der Waals surface area contributed by atoms with Gasteiger partial charge in [0, 0.05) is 13.0 Å².